The highest BCUT2D eigenvalue weighted by Crippen LogP contribution is 2.26. The van der Waals surface area contributed by atoms with E-state index in [0.717, 1.165) is 0 Å². The number of nitrogens with zero attached hydrogens (tertiary/aromatic N) is 1. The van der Waals surface area contributed by atoms with Gasteiger partial charge in [-0.1, -0.05) is 0 Å². The van der Waals surface area contributed by atoms with Gasteiger partial charge in [0.25, 0.3) is 5.91 Å². The second-order valence-electron chi connectivity index (χ2n) is 4.71. The zero-order valence-corrected chi connectivity index (χ0v) is 11.9. The number of hydrogen-bond acceptors (Lipinski definition) is 5. The van der Waals surface area contributed by atoms with Crippen LogP contribution in [-0.4, -0.2) is 41.9 Å². The molecule has 0 aliphatic carbocycles. The number of carbonyl (C=O) groups is 3. The van der Waals surface area contributed by atoms with Gasteiger partial charge in [0.15, 0.2) is 5.78 Å². The number of Topliss-reactive ketones (excluding diaryl/α,β-unsaturated/α-hetero) is 1. The number of hydrogen-bond donors (Lipinski definition) is 2. The Morgan fingerprint density at radius 1 is 1.55 bits per heavy atom. The molecule has 3 atom stereocenters. The van der Waals surface area contributed by atoms with E-state index in [1.54, 1.807) is 5.38 Å². The van der Waals surface area contributed by atoms with Crippen LogP contribution in [-0.2, 0) is 4.79 Å². The lowest BCUT2D eigenvalue weighted by molar-refractivity contribution is -0.140. The highest BCUT2D eigenvalue weighted by atomic mass is 32.1. The Kier molecular flexibility index (Phi) is 4.20. The Morgan fingerprint density at radius 3 is 2.80 bits per heavy atom. The van der Waals surface area contributed by atoms with E-state index in [1.807, 2.05) is 0 Å². The number of carbonyl (C=O) groups excluding carboxylic acids is 3. The van der Waals surface area contributed by atoms with Gasteiger partial charge < -0.3 is 10.4 Å². The molecule has 107 valence electrons. The van der Waals surface area contributed by atoms with Crippen molar-refractivity contribution in [3.63, 3.8) is 0 Å². The summed E-state index contributed by atoms with van der Waals surface area (Å²) in [5.74, 6) is -1.35. The van der Waals surface area contributed by atoms with Gasteiger partial charge in [-0.15, -0.1) is 11.3 Å². The normalized spacial score (nSPS) is 22.6. The number of β-lactam (4-membered cyclic amide) rings is 1. The summed E-state index contributed by atoms with van der Waals surface area (Å²) in [5, 5.41) is 17.3. The van der Waals surface area contributed by atoms with Crippen molar-refractivity contribution in [1.29, 1.82) is 0 Å². The summed E-state index contributed by atoms with van der Waals surface area (Å²) in [7, 11) is 1.52. The van der Waals surface area contributed by atoms with E-state index in [0.29, 0.717) is 10.4 Å². The highest BCUT2D eigenvalue weighted by Gasteiger charge is 2.45. The zero-order valence-electron chi connectivity index (χ0n) is 11.1. The van der Waals surface area contributed by atoms with E-state index in [2.05, 4.69) is 10.6 Å². The molecule has 6 nitrogen and oxygen atoms in total. The van der Waals surface area contributed by atoms with Crippen LogP contribution in [0.2, 0.25) is 0 Å². The van der Waals surface area contributed by atoms with Crippen molar-refractivity contribution in [2.75, 3.05) is 7.05 Å². The van der Waals surface area contributed by atoms with E-state index >= 15 is 0 Å². The summed E-state index contributed by atoms with van der Waals surface area (Å²) in [4.78, 5) is 35.2. The molecular formula is C13H15N2O4S. The van der Waals surface area contributed by atoms with Crippen molar-refractivity contribution in [2.45, 2.75) is 25.5 Å². The lowest BCUT2D eigenvalue weighted by atomic mass is 9.83. The Balaban J connectivity index is 2.00. The summed E-state index contributed by atoms with van der Waals surface area (Å²) < 4.78 is 0. The second kappa shape index (κ2) is 5.72. The fourth-order valence-electron chi connectivity index (χ4n) is 2.15. The van der Waals surface area contributed by atoms with Crippen molar-refractivity contribution in [3.8, 4) is 0 Å². The third kappa shape index (κ3) is 2.73. The number of thiophene rings is 1. The van der Waals surface area contributed by atoms with Crippen LogP contribution in [0.3, 0.4) is 0 Å². The Hall–Kier alpha value is -1.73. The molecule has 0 aromatic carbocycles. The molecule has 1 aromatic rings. The fourth-order valence-corrected chi connectivity index (χ4v) is 2.99. The van der Waals surface area contributed by atoms with Gasteiger partial charge in [0.1, 0.15) is 0 Å². The van der Waals surface area contributed by atoms with Gasteiger partial charge in [0.05, 0.1) is 28.5 Å². The van der Waals surface area contributed by atoms with Gasteiger partial charge in [-0.05, 0) is 13.0 Å². The number of rotatable bonds is 5. The average molecular weight is 295 g/mol. The van der Waals surface area contributed by atoms with Gasteiger partial charge in [0, 0.05) is 18.8 Å². The molecule has 1 saturated heterocycles. The van der Waals surface area contributed by atoms with E-state index < -0.39 is 18.1 Å². The molecule has 2 N–H and O–H groups in total. The molecule has 0 spiro atoms. The van der Waals surface area contributed by atoms with Crippen molar-refractivity contribution < 1.29 is 19.5 Å². The van der Waals surface area contributed by atoms with E-state index in [1.165, 1.54) is 31.4 Å². The van der Waals surface area contributed by atoms with Crippen LogP contribution in [0, 0.1) is 5.92 Å². The molecule has 2 amide bonds. The molecule has 1 fully saturated rings. The predicted octanol–water partition coefficient (Wildman–Crippen LogP) is 0.191. The van der Waals surface area contributed by atoms with Crippen molar-refractivity contribution in [2.24, 2.45) is 5.92 Å². The van der Waals surface area contributed by atoms with Gasteiger partial charge >= 0.3 is 0 Å². The van der Waals surface area contributed by atoms with Crippen molar-refractivity contribution >= 4 is 28.9 Å². The minimum absolute atomic E-state index is 0.0784. The number of amides is 2. The first kappa shape index (κ1) is 14.7. The third-order valence-corrected chi connectivity index (χ3v) is 4.24. The van der Waals surface area contributed by atoms with Gasteiger partial charge in [-0.2, -0.15) is 0 Å². The molecular weight excluding hydrogens is 280 g/mol. The molecule has 2 rings (SSSR count). The first-order valence-electron chi connectivity index (χ1n) is 6.20. The second-order valence-corrected chi connectivity index (χ2v) is 5.62. The maximum atomic E-state index is 12.1. The molecule has 1 radical (unpaired) electrons. The zero-order chi connectivity index (χ0) is 14.9. The van der Waals surface area contributed by atoms with Gasteiger partial charge in [0.2, 0.25) is 5.91 Å². The summed E-state index contributed by atoms with van der Waals surface area (Å²) >= 11 is 1.19. The lowest BCUT2D eigenvalue weighted by Crippen LogP contribution is -2.57. The predicted molar refractivity (Wildman–Crippen MR) is 72.8 cm³/mol. The Labute approximate surface area is 120 Å². The number of aliphatic hydroxyl groups excluding tert-OH is 1. The fraction of sp³-hybridized carbons (Fsp3) is 0.462. The lowest BCUT2D eigenvalue weighted by Gasteiger charge is -2.35. The monoisotopic (exact) mass is 295 g/mol. The van der Waals surface area contributed by atoms with E-state index in [-0.39, 0.29) is 24.0 Å². The number of nitrogens with one attached hydrogen (secondary N) is 1. The van der Waals surface area contributed by atoms with Crippen LogP contribution >= 0.6 is 11.3 Å². The SMILES string of the molecule is CNC(=O)c1csc(C(=O)C[C@H]2[N]C(=O)[C@@H]2[C@@H](C)O)c1. The van der Waals surface area contributed by atoms with Crippen LogP contribution in [0.5, 0.6) is 0 Å². The average Bonchev–Trinajstić information content (AvgIpc) is 2.85. The maximum Gasteiger partial charge on any atom is 0.251 e. The van der Waals surface area contributed by atoms with Gasteiger partial charge in [-0.25, -0.2) is 5.32 Å². The van der Waals surface area contributed by atoms with Crippen LogP contribution in [0.25, 0.3) is 0 Å². The van der Waals surface area contributed by atoms with Crippen molar-refractivity contribution in [1.82, 2.24) is 10.6 Å². The van der Waals surface area contributed by atoms with Crippen LogP contribution in [0.15, 0.2) is 11.4 Å². The van der Waals surface area contributed by atoms with E-state index in [4.69, 9.17) is 0 Å². The first-order valence-corrected chi connectivity index (χ1v) is 7.08. The highest BCUT2D eigenvalue weighted by molar-refractivity contribution is 7.12. The summed E-state index contributed by atoms with van der Waals surface area (Å²) in [5.41, 5.74) is 0.439. The molecule has 20 heavy (non-hydrogen) atoms. The van der Waals surface area contributed by atoms with Crippen LogP contribution < -0.4 is 10.6 Å². The number of aliphatic hydroxyl groups is 1. The molecule has 2 heterocycles. The largest absolute Gasteiger partial charge is 0.393 e. The smallest absolute Gasteiger partial charge is 0.251 e. The topological polar surface area (TPSA) is 97.6 Å². The molecule has 0 saturated carbocycles. The van der Waals surface area contributed by atoms with Crippen molar-refractivity contribution in [3.05, 3.63) is 21.9 Å². The summed E-state index contributed by atoms with van der Waals surface area (Å²) in [6.07, 6.45) is -0.725. The molecule has 7 heteroatoms. The quantitative estimate of drug-likeness (QED) is 0.598. The Morgan fingerprint density at radius 2 is 2.25 bits per heavy atom. The van der Waals surface area contributed by atoms with Gasteiger partial charge in [-0.3, -0.25) is 14.4 Å². The summed E-state index contributed by atoms with van der Waals surface area (Å²) in [6.45, 7) is 1.52. The maximum absolute atomic E-state index is 12.1. The molecule has 0 unspecified atom stereocenters. The van der Waals surface area contributed by atoms with Crippen LogP contribution in [0.1, 0.15) is 33.4 Å². The summed E-state index contributed by atoms with van der Waals surface area (Å²) in [6, 6.07) is 1.07. The molecule has 0 bridgehead atoms. The molecule has 1 aliphatic heterocycles. The third-order valence-electron chi connectivity index (χ3n) is 3.27. The van der Waals surface area contributed by atoms with Crippen LogP contribution in [0.4, 0.5) is 0 Å². The number of ketones is 1. The minimum Gasteiger partial charge on any atom is -0.393 e. The standard InChI is InChI=1S/C13H15N2O4S/c1-6(16)11-8(15-13(11)19)4-9(17)10-3-7(5-20-10)12(18)14-2/h3,5-6,8,11,16H,4H2,1-2H3,(H,14,18)/t6-,8-,11-/m1/s1. The Bertz CT molecular complexity index is 552. The molecule has 1 aromatic heterocycles. The first-order chi connectivity index (χ1) is 9.43. The van der Waals surface area contributed by atoms with E-state index in [9.17, 15) is 19.5 Å². The molecule has 1 aliphatic rings. The minimum atomic E-state index is -0.803.